The highest BCUT2D eigenvalue weighted by Crippen LogP contribution is 2.43. The molecular weight excluding hydrogens is 236 g/mol. The Hall–Kier alpha value is -1.35. The molecule has 1 saturated carbocycles. The average molecular weight is 260 g/mol. The van der Waals surface area contributed by atoms with Crippen LogP contribution in [0, 0.1) is 5.92 Å². The first-order chi connectivity index (χ1) is 9.05. The van der Waals surface area contributed by atoms with Gasteiger partial charge in [0, 0.05) is 12.0 Å². The summed E-state index contributed by atoms with van der Waals surface area (Å²) in [6.07, 6.45) is 3.53. The minimum Gasteiger partial charge on any atom is -0.354 e. The molecule has 0 saturated heterocycles. The molecule has 0 unspecified atom stereocenters. The fourth-order valence-corrected chi connectivity index (χ4v) is 2.64. The summed E-state index contributed by atoms with van der Waals surface area (Å²) in [5, 5.41) is 3.04. The molecule has 0 heterocycles. The van der Waals surface area contributed by atoms with Crippen molar-refractivity contribution >= 4 is 5.91 Å². The predicted octanol–water partition coefficient (Wildman–Crippen LogP) is 2.21. The number of carbonyl (C=O) groups is 1. The monoisotopic (exact) mass is 260 g/mol. The maximum absolute atomic E-state index is 12.0. The molecule has 3 nitrogen and oxygen atoms in total. The van der Waals surface area contributed by atoms with E-state index in [0.717, 1.165) is 12.8 Å². The van der Waals surface area contributed by atoms with Crippen LogP contribution in [0.3, 0.4) is 0 Å². The van der Waals surface area contributed by atoms with Crippen LogP contribution in [0.1, 0.15) is 38.7 Å². The van der Waals surface area contributed by atoms with Crippen LogP contribution in [-0.4, -0.2) is 18.5 Å². The van der Waals surface area contributed by atoms with Gasteiger partial charge in [-0.1, -0.05) is 50.6 Å². The molecule has 0 spiro atoms. The molecule has 0 aliphatic heterocycles. The third-order valence-corrected chi connectivity index (χ3v) is 4.32. The molecule has 1 aromatic rings. The van der Waals surface area contributed by atoms with Gasteiger partial charge in [-0.2, -0.15) is 0 Å². The van der Waals surface area contributed by atoms with E-state index in [1.54, 1.807) is 0 Å². The Labute approximate surface area is 115 Å². The van der Waals surface area contributed by atoms with Crippen LogP contribution in [-0.2, 0) is 10.2 Å². The van der Waals surface area contributed by atoms with Gasteiger partial charge in [-0.05, 0) is 24.3 Å². The SMILES string of the molecule is CC(C)[C@H](N)C(=O)NCC1(c2ccccc2)CCC1. The number of nitrogens with one attached hydrogen (secondary N) is 1. The molecule has 1 aliphatic rings. The molecule has 19 heavy (non-hydrogen) atoms. The van der Waals surface area contributed by atoms with Gasteiger partial charge in [-0.25, -0.2) is 0 Å². The summed E-state index contributed by atoms with van der Waals surface area (Å²) >= 11 is 0. The smallest absolute Gasteiger partial charge is 0.237 e. The number of benzene rings is 1. The number of rotatable bonds is 5. The lowest BCUT2D eigenvalue weighted by Crippen LogP contribution is -2.51. The topological polar surface area (TPSA) is 55.1 Å². The van der Waals surface area contributed by atoms with E-state index in [1.165, 1.54) is 12.0 Å². The number of amides is 1. The Morgan fingerprint density at radius 1 is 1.32 bits per heavy atom. The van der Waals surface area contributed by atoms with E-state index < -0.39 is 6.04 Å². The largest absolute Gasteiger partial charge is 0.354 e. The van der Waals surface area contributed by atoms with Crippen molar-refractivity contribution in [3.8, 4) is 0 Å². The van der Waals surface area contributed by atoms with E-state index in [0.29, 0.717) is 6.54 Å². The average Bonchev–Trinajstić information content (AvgIpc) is 2.37. The third kappa shape index (κ3) is 2.98. The summed E-state index contributed by atoms with van der Waals surface area (Å²) in [7, 11) is 0. The number of carbonyl (C=O) groups excluding carboxylic acids is 1. The van der Waals surface area contributed by atoms with E-state index in [1.807, 2.05) is 19.9 Å². The van der Waals surface area contributed by atoms with Crippen LogP contribution in [0.2, 0.25) is 0 Å². The molecule has 1 aliphatic carbocycles. The van der Waals surface area contributed by atoms with Crippen LogP contribution in [0.15, 0.2) is 30.3 Å². The zero-order chi connectivity index (χ0) is 13.9. The molecule has 1 aromatic carbocycles. The van der Waals surface area contributed by atoms with Crippen LogP contribution in [0.4, 0.5) is 0 Å². The van der Waals surface area contributed by atoms with E-state index in [2.05, 4.69) is 29.6 Å². The highest BCUT2D eigenvalue weighted by atomic mass is 16.2. The first kappa shape index (κ1) is 14.1. The standard InChI is InChI=1S/C16H24N2O/c1-12(2)14(17)15(19)18-11-16(9-6-10-16)13-7-4-3-5-8-13/h3-5,7-8,12,14H,6,9-11,17H2,1-2H3,(H,18,19)/t14-/m0/s1. The van der Waals surface area contributed by atoms with Crippen molar-refractivity contribution in [2.24, 2.45) is 11.7 Å². The lowest BCUT2D eigenvalue weighted by Gasteiger charge is -2.43. The second-order valence-electron chi connectivity index (χ2n) is 5.99. The zero-order valence-corrected chi connectivity index (χ0v) is 11.9. The molecular formula is C16H24N2O. The molecule has 2 rings (SSSR count). The van der Waals surface area contributed by atoms with E-state index >= 15 is 0 Å². The quantitative estimate of drug-likeness (QED) is 0.853. The van der Waals surface area contributed by atoms with Gasteiger partial charge in [-0.15, -0.1) is 0 Å². The van der Waals surface area contributed by atoms with Crippen LogP contribution >= 0.6 is 0 Å². The summed E-state index contributed by atoms with van der Waals surface area (Å²) in [4.78, 5) is 12.0. The summed E-state index contributed by atoms with van der Waals surface area (Å²) in [6.45, 7) is 4.65. The molecule has 0 aromatic heterocycles. The van der Waals surface area contributed by atoms with E-state index in [4.69, 9.17) is 5.73 Å². The molecule has 3 heteroatoms. The Morgan fingerprint density at radius 2 is 1.95 bits per heavy atom. The Balaban J connectivity index is 1.99. The molecule has 1 amide bonds. The van der Waals surface area contributed by atoms with Crippen molar-refractivity contribution in [1.82, 2.24) is 5.32 Å². The molecule has 104 valence electrons. The van der Waals surface area contributed by atoms with Crippen LogP contribution in [0.25, 0.3) is 0 Å². The molecule has 0 radical (unpaired) electrons. The highest BCUT2D eigenvalue weighted by molar-refractivity contribution is 5.81. The lowest BCUT2D eigenvalue weighted by atomic mass is 9.64. The van der Waals surface area contributed by atoms with Gasteiger partial charge in [-0.3, -0.25) is 4.79 Å². The lowest BCUT2D eigenvalue weighted by molar-refractivity contribution is -0.123. The summed E-state index contributed by atoms with van der Waals surface area (Å²) in [5.41, 5.74) is 7.34. The second-order valence-corrected chi connectivity index (χ2v) is 5.99. The maximum atomic E-state index is 12.0. The fourth-order valence-electron chi connectivity index (χ4n) is 2.64. The van der Waals surface area contributed by atoms with Crippen molar-refractivity contribution in [2.75, 3.05) is 6.54 Å². The summed E-state index contributed by atoms with van der Waals surface area (Å²) in [6, 6.07) is 10.1. The van der Waals surface area contributed by atoms with Gasteiger partial charge in [0.05, 0.1) is 6.04 Å². The van der Waals surface area contributed by atoms with E-state index in [-0.39, 0.29) is 17.2 Å². The fraction of sp³-hybridized carbons (Fsp3) is 0.562. The number of nitrogens with two attached hydrogens (primary N) is 1. The molecule has 0 bridgehead atoms. The van der Waals surface area contributed by atoms with Crippen molar-refractivity contribution in [1.29, 1.82) is 0 Å². The third-order valence-electron chi connectivity index (χ3n) is 4.32. The normalized spacial score (nSPS) is 18.7. The highest BCUT2D eigenvalue weighted by Gasteiger charge is 2.39. The summed E-state index contributed by atoms with van der Waals surface area (Å²) in [5.74, 6) is 0.145. The molecule has 1 atom stereocenters. The van der Waals surface area contributed by atoms with E-state index in [9.17, 15) is 4.79 Å². The van der Waals surface area contributed by atoms with Crippen molar-refractivity contribution in [3.63, 3.8) is 0 Å². The minimum absolute atomic E-state index is 0.0304. The van der Waals surface area contributed by atoms with Crippen molar-refractivity contribution in [2.45, 2.75) is 44.6 Å². The van der Waals surface area contributed by atoms with Gasteiger partial charge in [0.1, 0.15) is 0 Å². The first-order valence-electron chi connectivity index (χ1n) is 7.14. The van der Waals surface area contributed by atoms with Gasteiger partial charge >= 0.3 is 0 Å². The molecule has 3 N–H and O–H groups in total. The van der Waals surface area contributed by atoms with Crippen LogP contribution in [0.5, 0.6) is 0 Å². The second kappa shape index (κ2) is 5.74. The Morgan fingerprint density at radius 3 is 2.42 bits per heavy atom. The van der Waals surface area contributed by atoms with Gasteiger partial charge < -0.3 is 11.1 Å². The number of hydrogen-bond donors (Lipinski definition) is 2. The summed E-state index contributed by atoms with van der Waals surface area (Å²) < 4.78 is 0. The Bertz CT molecular complexity index is 424. The maximum Gasteiger partial charge on any atom is 0.237 e. The van der Waals surface area contributed by atoms with Crippen LogP contribution < -0.4 is 11.1 Å². The van der Waals surface area contributed by atoms with Gasteiger partial charge in [0.2, 0.25) is 5.91 Å². The zero-order valence-electron chi connectivity index (χ0n) is 11.9. The first-order valence-corrected chi connectivity index (χ1v) is 7.14. The molecule has 1 fully saturated rings. The van der Waals surface area contributed by atoms with Gasteiger partial charge in [0.15, 0.2) is 0 Å². The Kier molecular flexibility index (Phi) is 4.25. The van der Waals surface area contributed by atoms with Gasteiger partial charge in [0.25, 0.3) is 0 Å². The minimum atomic E-state index is -0.409. The number of hydrogen-bond acceptors (Lipinski definition) is 2. The predicted molar refractivity (Wildman–Crippen MR) is 77.8 cm³/mol. The van der Waals surface area contributed by atoms with Crippen molar-refractivity contribution < 1.29 is 4.79 Å². The van der Waals surface area contributed by atoms with Crippen molar-refractivity contribution in [3.05, 3.63) is 35.9 Å².